The second-order valence-corrected chi connectivity index (χ2v) is 9.69. The summed E-state index contributed by atoms with van der Waals surface area (Å²) in [4.78, 5) is 0. The molecule has 1 atom stereocenters. The van der Waals surface area contributed by atoms with Crippen molar-refractivity contribution in [3.63, 3.8) is 0 Å². The fourth-order valence-electron chi connectivity index (χ4n) is 5.29. The summed E-state index contributed by atoms with van der Waals surface area (Å²) in [5, 5.41) is 0. The lowest BCUT2D eigenvalue weighted by Gasteiger charge is -2.28. The van der Waals surface area contributed by atoms with E-state index in [1.54, 1.807) is 18.2 Å². The van der Waals surface area contributed by atoms with Crippen LogP contribution in [0.3, 0.4) is 0 Å². The van der Waals surface area contributed by atoms with Crippen LogP contribution in [0.15, 0.2) is 43.0 Å². The van der Waals surface area contributed by atoms with Crippen LogP contribution in [0.1, 0.15) is 86.8 Å². The predicted molar refractivity (Wildman–Crippen MR) is 128 cm³/mol. The first-order valence-corrected chi connectivity index (χ1v) is 12.3. The Hall–Kier alpha value is -2.56. The minimum atomic E-state index is -1.01. The third-order valence-corrected chi connectivity index (χ3v) is 7.42. The number of hydrogen-bond acceptors (Lipinski definition) is 1. The predicted octanol–water partition coefficient (Wildman–Crippen LogP) is 8.84. The number of hydrogen-bond donors (Lipinski definition) is 0. The van der Waals surface area contributed by atoms with Gasteiger partial charge in [-0.15, -0.1) is 6.58 Å². The molecular formula is C29H32F4O. The summed E-state index contributed by atoms with van der Waals surface area (Å²) in [5.74, 6) is -3.00. The average molecular weight is 473 g/mol. The van der Waals surface area contributed by atoms with Crippen LogP contribution in [-0.4, -0.2) is 6.61 Å². The molecule has 5 heteroatoms. The summed E-state index contributed by atoms with van der Waals surface area (Å²) < 4.78 is 64.5. The van der Waals surface area contributed by atoms with E-state index < -0.39 is 23.3 Å². The van der Waals surface area contributed by atoms with Crippen molar-refractivity contribution >= 4 is 5.57 Å². The zero-order valence-electron chi connectivity index (χ0n) is 19.7. The van der Waals surface area contributed by atoms with Gasteiger partial charge in [-0.25, -0.2) is 13.2 Å². The molecule has 2 aromatic carbocycles. The highest BCUT2D eigenvalue weighted by molar-refractivity contribution is 5.68. The number of rotatable bonds is 7. The van der Waals surface area contributed by atoms with E-state index in [0.717, 1.165) is 25.7 Å². The summed E-state index contributed by atoms with van der Waals surface area (Å²) in [5.41, 5.74) is 1.74. The molecule has 34 heavy (non-hydrogen) atoms. The van der Waals surface area contributed by atoms with E-state index in [9.17, 15) is 13.2 Å². The molecule has 1 saturated carbocycles. The number of benzene rings is 2. The van der Waals surface area contributed by atoms with Crippen molar-refractivity contribution in [2.24, 2.45) is 5.92 Å². The van der Waals surface area contributed by atoms with Crippen LogP contribution in [0.2, 0.25) is 0 Å². The summed E-state index contributed by atoms with van der Waals surface area (Å²) >= 11 is 0. The maximum Gasteiger partial charge on any atom is 0.201 e. The standard InChI is InChI=1S/C29H32F4O/c1-3-4-17-34-25-16-15-24(28(32)29(25)33)21-11-9-20(10-12-21)23-14-13-22(26(30)27(23)31)19-7-5-18(2)6-8-19/h3,11,13-16,18-20H,1,4-10,12,17H2,2H3. The Morgan fingerprint density at radius 2 is 1.53 bits per heavy atom. The lowest BCUT2D eigenvalue weighted by Crippen LogP contribution is -2.14. The van der Waals surface area contributed by atoms with Gasteiger partial charge in [0.05, 0.1) is 6.61 Å². The van der Waals surface area contributed by atoms with E-state index in [4.69, 9.17) is 4.74 Å². The van der Waals surface area contributed by atoms with E-state index >= 15 is 4.39 Å². The van der Waals surface area contributed by atoms with Crippen LogP contribution in [0, 0.1) is 29.2 Å². The van der Waals surface area contributed by atoms with Crippen molar-refractivity contribution in [3.05, 3.63) is 83.0 Å². The van der Waals surface area contributed by atoms with Crippen LogP contribution < -0.4 is 4.74 Å². The van der Waals surface area contributed by atoms with E-state index in [1.807, 2.05) is 6.08 Å². The highest BCUT2D eigenvalue weighted by Crippen LogP contribution is 2.42. The molecule has 0 spiro atoms. The van der Waals surface area contributed by atoms with E-state index in [2.05, 4.69) is 13.5 Å². The SMILES string of the molecule is C=CCCOc1ccc(C2=CCC(c3ccc(C4CCC(C)CC4)c(F)c3F)CC2)c(F)c1F. The third-order valence-electron chi connectivity index (χ3n) is 7.42. The van der Waals surface area contributed by atoms with Gasteiger partial charge in [-0.3, -0.25) is 0 Å². The van der Waals surface area contributed by atoms with Crippen molar-refractivity contribution in [1.29, 1.82) is 0 Å². The second-order valence-electron chi connectivity index (χ2n) is 9.69. The zero-order chi connectivity index (χ0) is 24.2. The lowest BCUT2D eigenvalue weighted by molar-refractivity contribution is 0.301. The molecule has 2 aromatic rings. The topological polar surface area (TPSA) is 9.23 Å². The quantitative estimate of drug-likeness (QED) is 0.222. The van der Waals surface area contributed by atoms with Gasteiger partial charge in [-0.1, -0.05) is 44.1 Å². The largest absolute Gasteiger partial charge is 0.490 e. The maximum atomic E-state index is 15.1. The Kier molecular flexibility index (Phi) is 7.80. The average Bonchev–Trinajstić information content (AvgIpc) is 2.85. The monoisotopic (exact) mass is 472 g/mol. The van der Waals surface area contributed by atoms with Gasteiger partial charge in [0.1, 0.15) is 0 Å². The molecule has 2 aliphatic rings. The molecule has 0 saturated heterocycles. The molecule has 4 rings (SSSR count). The molecule has 0 bridgehead atoms. The van der Waals surface area contributed by atoms with Crippen LogP contribution in [0.4, 0.5) is 17.6 Å². The maximum absolute atomic E-state index is 15.1. The molecule has 0 aliphatic heterocycles. The number of ether oxygens (including phenoxy) is 1. The fourth-order valence-corrected chi connectivity index (χ4v) is 5.29. The van der Waals surface area contributed by atoms with Gasteiger partial charge in [0.15, 0.2) is 23.2 Å². The highest BCUT2D eigenvalue weighted by Gasteiger charge is 2.28. The van der Waals surface area contributed by atoms with E-state index in [1.165, 1.54) is 12.1 Å². The Morgan fingerprint density at radius 1 is 0.853 bits per heavy atom. The molecule has 1 fully saturated rings. The van der Waals surface area contributed by atoms with Crippen LogP contribution in [-0.2, 0) is 0 Å². The first-order valence-electron chi connectivity index (χ1n) is 12.3. The van der Waals surface area contributed by atoms with Gasteiger partial charge in [0, 0.05) is 5.56 Å². The molecule has 182 valence electrons. The van der Waals surface area contributed by atoms with Crippen molar-refractivity contribution in [2.45, 2.75) is 70.1 Å². The first-order chi connectivity index (χ1) is 16.4. The van der Waals surface area contributed by atoms with Crippen molar-refractivity contribution < 1.29 is 22.3 Å². The van der Waals surface area contributed by atoms with Gasteiger partial charge >= 0.3 is 0 Å². The van der Waals surface area contributed by atoms with E-state index in [0.29, 0.717) is 48.3 Å². The molecule has 1 nitrogen and oxygen atoms in total. The first kappa shape index (κ1) is 24.6. The van der Waals surface area contributed by atoms with Crippen LogP contribution in [0.25, 0.3) is 5.57 Å². The summed E-state index contributed by atoms with van der Waals surface area (Å²) in [7, 11) is 0. The smallest absolute Gasteiger partial charge is 0.201 e. The Morgan fingerprint density at radius 3 is 2.15 bits per heavy atom. The number of allylic oxidation sites excluding steroid dienone is 2. The molecule has 0 amide bonds. The Balaban J connectivity index is 1.48. The lowest BCUT2D eigenvalue weighted by atomic mass is 9.78. The Labute approximate surface area is 199 Å². The summed E-state index contributed by atoms with van der Waals surface area (Å²) in [6.07, 6.45) is 9.33. The molecule has 0 N–H and O–H groups in total. The van der Waals surface area contributed by atoms with Crippen molar-refractivity contribution in [2.75, 3.05) is 6.61 Å². The van der Waals surface area contributed by atoms with Crippen molar-refractivity contribution in [3.8, 4) is 5.75 Å². The molecule has 2 aliphatic carbocycles. The Bertz CT molecular complexity index is 1070. The fraction of sp³-hybridized carbons (Fsp3) is 0.448. The van der Waals surface area contributed by atoms with Gasteiger partial charge in [-0.2, -0.15) is 4.39 Å². The molecule has 0 radical (unpaired) electrons. The van der Waals surface area contributed by atoms with Crippen LogP contribution in [0.5, 0.6) is 5.75 Å². The minimum Gasteiger partial charge on any atom is -0.490 e. The highest BCUT2D eigenvalue weighted by atomic mass is 19.2. The zero-order valence-corrected chi connectivity index (χ0v) is 19.7. The van der Waals surface area contributed by atoms with Gasteiger partial charge in [0.25, 0.3) is 0 Å². The van der Waals surface area contributed by atoms with Gasteiger partial charge in [0.2, 0.25) is 5.82 Å². The molecular weight excluding hydrogens is 440 g/mol. The summed E-state index contributed by atoms with van der Waals surface area (Å²) in [6, 6.07) is 6.44. The normalized spacial score (nSPS) is 22.9. The van der Waals surface area contributed by atoms with Crippen molar-refractivity contribution in [1.82, 2.24) is 0 Å². The third kappa shape index (κ3) is 5.08. The summed E-state index contributed by atoms with van der Waals surface area (Å²) in [6.45, 7) is 6.00. The van der Waals surface area contributed by atoms with Crippen LogP contribution >= 0.6 is 0 Å². The second kappa shape index (κ2) is 10.8. The number of halogens is 4. The molecule has 1 unspecified atom stereocenters. The van der Waals surface area contributed by atoms with E-state index in [-0.39, 0.29) is 29.8 Å². The molecule has 0 heterocycles. The van der Waals surface area contributed by atoms with Gasteiger partial charge < -0.3 is 4.74 Å². The van der Waals surface area contributed by atoms with Gasteiger partial charge in [-0.05, 0) is 85.1 Å². The minimum absolute atomic E-state index is 0.0826. The molecule has 0 aromatic heterocycles.